The summed E-state index contributed by atoms with van der Waals surface area (Å²) in [5, 5.41) is 0. The van der Waals surface area contributed by atoms with Crippen molar-refractivity contribution in [1.29, 1.82) is 0 Å². The van der Waals surface area contributed by atoms with Crippen molar-refractivity contribution >= 4 is 11.6 Å². The fraction of sp³-hybridized carbons (Fsp3) is 0.500. The lowest BCUT2D eigenvalue weighted by Gasteiger charge is -2.23. The van der Waals surface area contributed by atoms with Gasteiger partial charge in [0.1, 0.15) is 0 Å². The first kappa shape index (κ1) is 11.7. The van der Waals surface area contributed by atoms with Crippen LogP contribution >= 0.6 is 0 Å². The SMILES string of the molecule is CC(C)CN1C(=O)C2(OCCO2)c2ccccc21. The molecule has 0 atom stereocenters. The van der Waals surface area contributed by atoms with Crippen LogP contribution in [0, 0.1) is 5.92 Å². The molecule has 4 nitrogen and oxygen atoms in total. The zero-order chi connectivity index (χ0) is 12.8. The number of carbonyl (C=O) groups excluding carboxylic acids is 1. The van der Waals surface area contributed by atoms with Crippen LogP contribution in [0.4, 0.5) is 5.69 Å². The summed E-state index contributed by atoms with van der Waals surface area (Å²) in [7, 11) is 0. The Morgan fingerprint density at radius 2 is 1.94 bits per heavy atom. The Morgan fingerprint density at radius 3 is 2.61 bits per heavy atom. The molecule has 0 saturated carbocycles. The molecule has 1 fully saturated rings. The van der Waals surface area contributed by atoms with E-state index >= 15 is 0 Å². The second kappa shape index (κ2) is 4.07. The van der Waals surface area contributed by atoms with E-state index in [1.807, 2.05) is 24.3 Å². The van der Waals surface area contributed by atoms with Gasteiger partial charge in [-0.05, 0) is 12.0 Å². The monoisotopic (exact) mass is 247 g/mol. The third kappa shape index (κ3) is 1.49. The predicted octanol–water partition coefficient (Wildman–Crippen LogP) is 1.89. The standard InChI is InChI=1S/C14H17NO3/c1-10(2)9-15-12-6-4-3-5-11(12)14(13(15)16)17-7-8-18-14/h3-6,10H,7-9H2,1-2H3. The molecule has 96 valence electrons. The molecule has 18 heavy (non-hydrogen) atoms. The van der Waals surface area contributed by atoms with Gasteiger partial charge in [-0.25, -0.2) is 0 Å². The first-order chi connectivity index (χ1) is 8.65. The van der Waals surface area contributed by atoms with E-state index in [2.05, 4.69) is 13.8 Å². The summed E-state index contributed by atoms with van der Waals surface area (Å²) in [5.74, 6) is -0.862. The quantitative estimate of drug-likeness (QED) is 0.801. The van der Waals surface area contributed by atoms with Gasteiger partial charge in [0.15, 0.2) is 0 Å². The molecular formula is C14H17NO3. The van der Waals surface area contributed by atoms with Gasteiger partial charge in [0.25, 0.3) is 11.7 Å². The number of rotatable bonds is 2. The molecule has 2 aliphatic rings. The van der Waals surface area contributed by atoms with Gasteiger partial charge in [-0.15, -0.1) is 0 Å². The summed E-state index contributed by atoms with van der Waals surface area (Å²) in [6.07, 6.45) is 0. The smallest absolute Gasteiger partial charge is 0.292 e. The first-order valence-corrected chi connectivity index (χ1v) is 6.34. The number of anilines is 1. The van der Waals surface area contributed by atoms with Crippen molar-refractivity contribution in [2.75, 3.05) is 24.7 Å². The number of amides is 1. The van der Waals surface area contributed by atoms with Gasteiger partial charge < -0.3 is 14.4 Å². The third-order valence-corrected chi connectivity index (χ3v) is 3.32. The van der Waals surface area contributed by atoms with Crippen LogP contribution in [-0.4, -0.2) is 25.7 Å². The lowest BCUT2D eigenvalue weighted by molar-refractivity contribution is -0.180. The molecule has 4 heteroatoms. The fourth-order valence-electron chi connectivity index (χ4n) is 2.63. The Bertz CT molecular complexity index is 478. The van der Waals surface area contributed by atoms with Crippen LogP contribution in [0.3, 0.4) is 0 Å². The van der Waals surface area contributed by atoms with E-state index in [0.29, 0.717) is 25.7 Å². The molecule has 0 unspecified atom stereocenters. The van der Waals surface area contributed by atoms with Crippen LogP contribution in [0.15, 0.2) is 24.3 Å². The van der Waals surface area contributed by atoms with E-state index in [-0.39, 0.29) is 5.91 Å². The van der Waals surface area contributed by atoms with Crippen molar-refractivity contribution in [1.82, 2.24) is 0 Å². The average molecular weight is 247 g/mol. The van der Waals surface area contributed by atoms with E-state index in [9.17, 15) is 4.79 Å². The zero-order valence-corrected chi connectivity index (χ0v) is 10.7. The van der Waals surface area contributed by atoms with Crippen LogP contribution in [0.2, 0.25) is 0 Å². The number of para-hydroxylation sites is 1. The summed E-state index contributed by atoms with van der Waals surface area (Å²) in [4.78, 5) is 14.4. The first-order valence-electron chi connectivity index (χ1n) is 6.34. The maximum Gasteiger partial charge on any atom is 0.292 e. The third-order valence-electron chi connectivity index (χ3n) is 3.32. The summed E-state index contributed by atoms with van der Waals surface area (Å²) >= 11 is 0. The maximum atomic E-state index is 12.6. The van der Waals surface area contributed by atoms with E-state index in [4.69, 9.17) is 9.47 Å². The van der Waals surface area contributed by atoms with Crippen LogP contribution in [-0.2, 0) is 20.1 Å². The highest BCUT2D eigenvalue weighted by Gasteiger charge is 2.55. The summed E-state index contributed by atoms with van der Waals surface area (Å²) in [5.41, 5.74) is 1.76. The maximum absolute atomic E-state index is 12.6. The molecule has 2 heterocycles. The van der Waals surface area contributed by atoms with E-state index in [0.717, 1.165) is 11.3 Å². The van der Waals surface area contributed by atoms with Crippen molar-refractivity contribution < 1.29 is 14.3 Å². The van der Waals surface area contributed by atoms with Gasteiger partial charge >= 0.3 is 0 Å². The normalized spacial score (nSPS) is 21.1. The minimum atomic E-state index is -1.18. The van der Waals surface area contributed by atoms with Crippen molar-refractivity contribution in [3.05, 3.63) is 29.8 Å². The highest BCUT2D eigenvalue weighted by molar-refractivity contribution is 6.06. The van der Waals surface area contributed by atoms with Crippen molar-refractivity contribution in [3.8, 4) is 0 Å². The molecular weight excluding hydrogens is 230 g/mol. The van der Waals surface area contributed by atoms with Crippen molar-refractivity contribution in [2.45, 2.75) is 19.6 Å². The van der Waals surface area contributed by atoms with Gasteiger partial charge in [0, 0.05) is 12.1 Å². The number of hydrogen-bond donors (Lipinski definition) is 0. The largest absolute Gasteiger partial charge is 0.336 e. The van der Waals surface area contributed by atoms with E-state index < -0.39 is 5.79 Å². The lowest BCUT2D eigenvalue weighted by Crippen LogP contribution is -2.42. The fourth-order valence-corrected chi connectivity index (χ4v) is 2.63. The topological polar surface area (TPSA) is 38.8 Å². The molecule has 1 aromatic rings. The predicted molar refractivity (Wildman–Crippen MR) is 67.2 cm³/mol. The Labute approximate surface area is 106 Å². The number of hydrogen-bond acceptors (Lipinski definition) is 3. The number of benzene rings is 1. The van der Waals surface area contributed by atoms with Gasteiger partial charge in [-0.3, -0.25) is 4.79 Å². The van der Waals surface area contributed by atoms with E-state index in [1.54, 1.807) is 4.90 Å². The van der Waals surface area contributed by atoms with Gasteiger partial charge in [0.2, 0.25) is 0 Å². The molecule has 3 rings (SSSR count). The second-order valence-electron chi connectivity index (χ2n) is 5.14. The molecule has 1 amide bonds. The lowest BCUT2D eigenvalue weighted by atomic mass is 10.1. The summed E-state index contributed by atoms with van der Waals surface area (Å²) in [6.45, 7) is 5.81. The Kier molecular flexibility index (Phi) is 2.64. The van der Waals surface area contributed by atoms with Crippen LogP contribution in [0.25, 0.3) is 0 Å². The molecule has 0 aromatic heterocycles. The molecule has 1 aromatic carbocycles. The Morgan fingerprint density at radius 1 is 1.28 bits per heavy atom. The molecule has 0 N–H and O–H groups in total. The van der Waals surface area contributed by atoms with Crippen LogP contribution in [0.1, 0.15) is 19.4 Å². The zero-order valence-electron chi connectivity index (χ0n) is 10.7. The molecule has 1 saturated heterocycles. The van der Waals surface area contributed by atoms with Gasteiger partial charge in [0.05, 0.1) is 18.9 Å². The molecule has 0 aliphatic carbocycles. The number of carbonyl (C=O) groups is 1. The Hall–Kier alpha value is -1.39. The molecule has 0 bridgehead atoms. The van der Waals surface area contributed by atoms with E-state index in [1.165, 1.54) is 0 Å². The van der Waals surface area contributed by atoms with Crippen LogP contribution in [0.5, 0.6) is 0 Å². The number of ether oxygens (including phenoxy) is 2. The minimum absolute atomic E-state index is 0.0881. The minimum Gasteiger partial charge on any atom is -0.336 e. The molecule has 2 aliphatic heterocycles. The second-order valence-corrected chi connectivity index (χ2v) is 5.14. The summed E-state index contributed by atoms with van der Waals surface area (Å²) < 4.78 is 11.3. The number of nitrogens with zero attached hydrogens (tertiary/aromatic N) is 1. The molecule has 0 radical (unpaired) electrons. The van der Waals surface area contributed by atoms with Crippen molar-refractivity contribution in [3.63, 3.8) is 0 Å². The summed E-state index contributed by atoms with van der Waals surface area (Å²) in [6, 6.07) is 7.72. The Balaban J connectivity index is 2.08. The molecule has 1 spiro atoms. The highest BCUT2D eigenvalue weighted by atomic mass is 16.7. The van der Waals surface area contributed by atoms with Gasteiger partial charge in [-0.1, -0.05) is 32.0 Å². The highest BCUT2D eigenvalue weighted by Crippen LogP contribution is 2.45. The average Bonchev–Trinajstić information content (AvgIpc) is 2.92. The van der Waals surface area contributed by atoms with Gasteiger partial charge in [-0.2, -0.15) is 0 Å². The van der Waals surface area contributed by atoms with Crippen LogP contribution < -0.4 is 4.90 Å². The number of fused-ring (bicyclic) bond motifs is 2. The van der Waals surface area contributed by atoms with Crippen molar-refractivity contribution in [2.24, 2.45) is 5.92 Å².